The van der Waals surface area contributed by atoms with Crippen molar-refractivity contribution in [3.63, 3.8) is 0 Å². The molecule has 0 aromatic heterocycles. The Morgan fingerprint density at radius 1 is 1.03 bits per heavy atom. The van der Waals surface area contributed by atoms with Crippen LogP contribution in [0.3, 0.4) is 0 Å². The Kier molecular flexibility index (Phi) is 6.48. The van der Waals surface area contributed by atoms with E-state index in [9.17, 15) is 18.0 Å². The molecule has 9 nitrogen and oxygen atoms in total. The number of nitrogens with zero attached hydrogens (tertiary/aromatic N) is 2. The molecule has 0 spiro atoms. The highest BCUT2D eigenvalue weighted by Gasteiger charge is 2.25. The molecule has 0 saturated heterocycles. The maximum Gasteiger partial charge on any atom is 0.288 e. The monoisotopic (exact) mass is 429 g/mol. The van der Waals surface area contributed by atoms with E-state index in [2.05, 4.69) is 20.5 Å². The van der Waals surface area contributed by atoms with E-state index in [1.165, 1.54) is 17.1 Å². The maximum absolute atomic E-state index is 12.3. The molecule has 10 heteroatoms. The van der Waals surface area contributed by atoms with Crippen LogP contribution in [0.4, 0.5) is 5.69 Å². The summed E-state index contributed by atoms with van der Waals surface area (Å²) >= 11 is 0. The molecule has 0 radical (unpaired) electrons. The first-order valence-corrected chi connectivity index (χ1v) is 10.8. The number of carbonyl (C=O) groups excluding carboxylic acids is 2. The Labute approximate surface area is 175 Å². The van der Waals surface area contributed by atoms with Crippen LogP contribution in [0.2, 0.25) is 0 Å². The number of hydrazine groups is 1. The summed E-state index contributed by atoms with van der Waals surface area (Å²) in [5, 5.41) is 3.85. The van der Waals surface area contributed by atoms with Crippen LogP contribution >= 0.6 is 0 Å². The lowest BCUT2D eigenvalue weighted by atomic mass is 10.2. The van der Waals surface area contributed by atoms with Gasteiger partial charge in [-0.1, -0.05) is 35.4 Å². The third-order valence-corrected chi connectivity index (χ3v) is 5.86. The van der Waals surface area contributed by atoms with Gasteiger partial charge in [-0.2, -0.15) is 0 Å². The Hall–Kier alpha value is -3.24. The molecule has 0 fully saturated rings. The number of amides is 2. The van der Waals surface area contributed by atoms with E-state index in [1.807, 2.05) is 26.0 Å². The first-order chi connectivity index (χ1) is 14.3. The van der Waals surface area contributed by atoms with Crippen molar-refractivity contribution < 1.29 is 18.0 Å². The van der Waals surface area contributed by atoms with Gasteiger partial charge in [0, 0.05) is 13.1 Å². The van der Waals surface area contributed by atoms with Crippen LogP contribution in [-0.4, -0.2) is 45.7 Å². The topological polar surface area (TPSA) is 120 Å². The molecule has 0 bridgehead atoms. The highest BCUT2D eigenvalue weighted by Crippen LogP contribution is 2.15. The third-order valence-electron chi connectivity index (χ3n) is 4.38. The number of hydrogen-bond acceptors (Lipinski definition) is 6. The van der Waals surface area contributed by atoms with E-state index >= 15 is 0 Å². The van der Waals surface area contributed by atoms with E-state index in [4.69, 9.17) is 0 Å². The zero-order chi connectivity index (χ0) is 21.7. The Balaban J connectivity index is 1.52. The number of benzene rings is 2. The van der Waals surface area contributed by atoms with Crippen molar-refractivity contribution in [1.82, 2.24) is 15.5 Å². The first-order valence-electron chi connectivity index (χ1n) is 9.31. The third kappa shape index (κ3) is 5.22. The van der Waals surface area contributed by atoms with Gasteiger partial charge in [0.1, 0.15) is 6.54 Å². The number of hydrogen-bond donors (Lipinski definition) is 3. The second-order valence-electron chi connectivity index (χ2n) is 6.81. The highest BCUT2D eigenvalue weighted by molar-refractivity contribution is 7.89. The summed E-state index contributed by atoms with van der Waals surface area (Å²) in [5.74, 6) is -0.841. The van der Waals surface area contributed by atoms with Gasteiger partial charge in [0.15, 0.2) is 0 Å². The van der Waals surface area contributed by atoms with Crippen molar-refractivity contribution in [2.45, 2.75) is 18.7 Å². The number of sulfonamides is 1. The number of aryl methyl sites for hydroxylation is 2. The standard InChI is InChI=1S/C20H23N5O4S/c1-14-3-7-16(8-4-14)25-18(26)13-22-19(24-25)20(27)21-11-12-23-30(28,29)17-9-5-15(2)6-10-17/h3-10,23H,11-13H2,1-2H3,(H,21,27)(H,22,24). The second-order valence-corrected chi connectivity index (χ2v) is 8.58. The summed E-state index contributed by atoms with van der Waals surface area (Å²) < 4.78 is 26.9. The number of anilines is 1. The molecule has 0 saturated carbocycles. The smallest absolute Gasteiger partial charge is 0.288 e. The van der Waals surface area contributed by atoms with E-state index in [1.54, 1.807) is 24.3 Å². The van der Waals surface area contributed by atoms with Crippen LogP contribution in [0, 0.1) is 13.8 Å². The summed E-state index contributed by atoms with van der Waals surface area (Å²) in [5.41, 5.74) is 5.31. The molecule has 1 heterocycles. The van der Waals surface area contributed by atoms with Crippen LogP contribution in [0.25, 0.3) is 0 Å². The number of rotatable bonds is 7. The van der Waals surface area contributed by atoms with Crippen molar-refractivity contribution in [1.29, 1.82) is 0 Å². The molecule has 2 aromatic rings. The lowest BCUT2D eigenvalue weighted by Gasteiger charge is -2.27. The van der Waals surface area contributed by atoms with Gasteiger partial charge in [0.2, 0.25) is 15.9 Å². The van der Waals surface area contributed by atoms with Gasteiger partial charge in [0.25, 0.3) is 11.8 Å². The van der Waals surface area contributed by atoms with E-state index in [0.717, 1.165) is 11.1 Å². The molecule has 3 rings (SSSR count). The van der Waals surface area contributed by atoms with Gasteiger partial charge in [-0.25, -0.2) is 18.1 Å². The molecule has 2 amide bonds. The number of amidine groups is 1. The molecule has 0 atom stereocenters. The average Bonchev–Trinajstić information content (AvgIpc) is 2.72. The van der Waals surface area contributed by atoms with E-state index in [-0.39, 0.29) is 36.3 Å². The first kappa shape index (κ1) is 21.5. The SMILES string of the molecule is Cc1ccc(N2NC(C(=O)NCCNS(=O)(=O)c3ccc(C)cc3)=NCC2=O)cc1. The molecule has 30 heavy (non-hydrogen) atoms. The van der Waals surface area contributed by atoms with Crippen LogP contribution in [-0.2, 0) is 19.6 Å². The fraction of sp³-hybridized carbons (Fsp3) is 0.250. The lowest BCUT2D eigenvalue weighted by molar-refractivity contribution is -0.118. The number of aliphatic imine (C=N–C) groups is 1. The molecule has 1 aliphatic rings. The fourth-order valence-electron chi connectivity index (χ4n) is 2.69. The molecule has 0 unspecified atom stereocenters. The fourth-order valence-corrected chi connectivity index (χ4v) is 3.72. The van der Waals surface area contributed by atoms with Crippen molar-refractivity contribution in [2.75, 3.05) is 24.6 Å². The van der Waals surface area contributed by atoms with Crippen LogP contribution in [0.1, 0.15) is 11.1 Å². The van der Waals surface area contributed by atoms with Crippen molar-refractivity contribution in [3.8, 4) is 0 Å². The lowest BCUT2D eigenvalue weighted by Crippen LogP contribution is -2.56. The number of nitrogens with one attached hydrogen (secondary N) is 3. The zero-order valence-corrected chi connectivity index (χ0v) is 17.5. The summed E-state index contributed by atoms with van der Waals surface area (Å²) in [7, 11) is -3.66. The highest BCUT2D eigenvalue weighted by atomic mass is 32.2. The Morgan fingerprint density at radius 2 is 1.63 bits per heavy atom. The molecular formula is C20H23N5O4S. The molecule has 1 aliphatic heterocycles. The average molecular weight is 430 g/mol. The molecule has 2 aromatic carbocycles. The van der Waals surface area contributed by atoms with Gasteiger partial charge in [0.05, 0.1) is 10.6 Å². The predicted molar refractivity (Wildman–Crippen MR) is 113 cm³/mol. The molecule has 158 valence electrons. The second kappa shape index (κ2) is 9.06. The Morgan fingerprint density at radius 3 is 2.27 bits per heavy atom. The predicted octanol–water partition coefficient (Wildman–Crippen LogP) is 0.648. The van der Waals surface area contributed by atoms with Crippen LogP contribution in [0.15, 0.2) is 58.4 Å². The quantitative estimate of drug-likeness (QED) is 0.558. The van der Waals surface area contributed by atoms with E-state index in [0.29, 0.717) is 5.69 Å². The van der Waals surface area contributed by atoms with Crippen molar-refractivity contribution in [3.05, 3.63) is 59.7 Å². The minimum atomic E-state index is -3.66. The molecule has 3 N–H and O–H groups in total. The van der Waals surface area contributed by atoms with Gasteiger partial charge in [-0.3, -0.25) is 20.0 Å². The maximum atomic E-state index is 12.3. The van der Waals surface area contributed by atoms with Gasteiger partial charge >= 0.3 is 0 Å². The van der Waals surface area contributed by atoms with Crippen molar-refractivity contribution in [2.24, 2.45) is 4.99 Å². The summed E-state index contributed by atoms with van der Waals surface area (Å²) in [6.07, 6.45) is 0. The van der Waals surface area contributed by atoms with Crippen molar-refractivity contribution >= 4 is 33.4 Å². The molecule has 0 aliphatic carbocycles. The summed E-state index contributed by atoms with van der Waals surface area (Å²) in [6, 6.07) is 13.7. The van der Waals surface area contributed by atoms with Crippen LogP contribution < -0.4 is 20.5 Å². The minimum absolute atomic E-state index is 0.00976. The molecular weight excluding hydrogens is 406 g/mol. The van der Waals surface area contributed by atoms with Crippen LogP contribution in [0.5, 0.6) is 0 Å². The summed E-state index contributed by atoms with van der Waals surface area (Å²) in [4.78, 5) is 28.6. The zero-order valence-electron chi connectivity index (χ0n) is 16.7. The Bertz CT molecular complexity index is 1060. The minimum Gasteiger partial charge on any atom is -0.348 e. The van der Waals surface area contributed by atoms with Gasteiger partial charge in [-0.05, 0) is 38.1 Å². The van der Waals surface area contributed by atoms with Gasteiger partial charge < -0.3 is 5.32 Å². The van der Waals surface area contributed by atoms with E-state index < -0.39 is 15.9 Å². The summed E-state index contributed by atoms with van der Waals surface area (Å²) in [6.45, 7) is 3.71. The largest absolute Gasteiger partial charge is 0.348 e. The number of carbonyl (C=O) groups is 2. The van der Waals surface area contributed by atoms with Gasteiger partial charge in [-0.15, -0.1) is 0 Å². The normalized spacial score (nSPS) is 14.1.